The molecule has 0 aliphatic carbocycles. The first-order valence-electron chi connectivity index (χ1n) is 34.0. The summed E-state index contributed by atoms with van der Waals surface area (Å²) in [5.41, 5.74) is 0. The molecule has 3 atom stereocenters. The second kappa shape index (κ2) is 61.2. The van der Waals surface area contributed by atoms with E-state index in [0.717, 1.165) is 70.6 Å². The smallest absolute Gasteiger partial charge is 0.387 e. The zero-order valence-electron chi connectivity index (χ0n) is 53.3. The monoisotopic (exact) mass is 1140 g/mol. The lowest BCUT2D eigenvalue weighted by atomic mass is 10.0. The minimum atomic E-state index is -4.37. The molecule has 0 aromatic heterocycles. The first kappa shape index (κ1) is 77.7. The van der Waals surface area contributed by atoms with Crippen molar-refractivity contribution < 1.29 is 32.9 Å². The summed E-state index contributed by atoms with van der Waals surface area (Å²) in [7, 11) is 1.55. The van der Waals surface area contributed by atoms with Crippen LogP contribution in [0.5, 0.6) is 0 Å². The number of hydrogen-bond acceptors (Lipinski definition) is 5. The summed E-state index contributed by atoms with van der Waals surface area (Å²) in [5.74, 6) is -0.191. The molecule has 80 heavy (non-hydrogen) atoms. The molecule has 0 aliphatic rings. The van der Waals surface area contributed by atoms with Crippen LogP contribution in [0.2, 0.25) is 0 Å². The lowest BCUT2D eigenvalue weighted by molar-refractivity contribution is -0.870. The van der Waals surface area contributed by atoms with Crippen LogP contribution in [0.15, 0.2) is 85.1 Å². The van der Waals surface area contributed by atoms with Gasteiger partial charge in [-0.25, -0.2) is 4.57 Å². The van der Waals surface area contributed by atoms with Gasteiger partial charge in [0.05, 0.1) is 39.9 Å². The van der Waals surface area contributed by atoms with E-state index in [2.05, 4.69) is 92.1 Å². The van der Waals surface area contributed by atoms with Crippen LogP contribution in [-0.4, -0.2) is 73.4 Å². The number of nitrogens with zero attached hydrogens (tertiary/aromatic N) is 1. The van der Waals surface area contributed by atoms with Gasteiger partial charge in [-0.1, -0.05) is 304 Å². The third-order valence-electron chi connectivity index (χ3n) is 15.1. The van der Waals surface area contributed by atoms with Gasteiger partial charge < -0.3 is 19.8 Å². The Balaban J connectivity index is 4.16. The second-order valence-corrected chi connectivity index (χ2v) is 25.6. The Kier molecular flexibility index (Phi) is 59.5. The average molecular weight is 1140 g/mol. The van der Waals surface area contributed by atoms with E-state index in [9.17, 15) is 19.4 Å². The summed E-state index contributed by atoms with van der Waals surface area (Å²) in [6.07, 6.45) is 87.3. The van der Waals surface area contributed by atoms with E-state index in [4.69, 9.17) is 9.05 Å². The highest BCUT2D eigenvalue weighted by Crippen LogP contribution is 2.43. The Morgan fingerprint density at radius 1 is 0.438 bits per heavy atom. The van der Waals surface area contributed by atoms with Gasteiger partial charge in [-0.15, -0.1) is 0 Å². The van der Waals surface area contributed by atoms with Gasteiger partial charge in [-0.05, 0) is 83.5 Å². The van der Waals surface area contributed by atoms with Gasteiger partial charge in [0.15, 0.2) is 0 Å². The number of allylic oxidation sites excluding steroid dienone is 13. The molecule has 3 unspecified atom stereocenters. The van der Waals surface area contributed by atoms with E-state index < -0.39 is 20.0 Å². The summed E-state index contributed by atoms with van der Waals surface area (Å²) in [4.78, 5) is 23.4. The number of aliphatic hydroxyl groups excluding tert-OH is 1. The van der Waals surface area contributed by atoms with Gasteiger partial charge in [0.25, 0.3) is 0 Å². The van der Waals surface area contributed by atoms with Gasteiger partial charge in [0.2, 0.25) is 5.91 Å². The number of phosphoric acid groups is 1. The molecule has 0 aromatic carbocycles. The van der Waals surface area contributed by atoms with Crippen LogP contribution in [0.3, 0.4) is 0 Å². The van der Waals surface area contributed by atoms with Crippen molar-refractivity contribution in [1.29, 1.82) is 0 Å². The number of quaternary nitrogens is 1. The molecule has 0 aromatic rings. The summed E-state index contributed by atoms with van der Waals surface area (Å²) >= 11 is 0. The Labute approximate surface area is 497 Å². The Morgan fingerprint density at radius 2 is 0.762 bits per heavy atom. The van der Waals surface area contributed by atoms with Crippen LogP contribution < -0.4 is 5.32 Å². The first-order valence-corrected chi connectivity index (χ1v) is 35.5. The van der Waals surface area contributed by atoms with Gasteiger partial charge in [0.1, 0.15) is 13.2 Å². The number of hydrogen-bond donors (Lipinski definition) is 3. The molecule has 8 nitrogen and oxygen atoms in total. The molecule has 0 saturated heterocycles. The van der Waals surface area contributed by atoms with Crippen LogP contribution in [-0.2, 0) is 18.4 Å². The molecule has 1 amide bonds. The SMILES string of the molecule is CC/C=C\C/C=C\C/C=C\C/C=C\CCCCCCCCCCCCCCCCC(=O)NC(COP(=O)(O)OCC[N+](C)(C)C)C(O)/C=C/CC/C=C/CC/C=C/CCCCCCCCCCCCCCCCCCCCCCC. The maximum atomic E-state index is 13.0. The second-order valence-electron chi connectivity index (χ2n) is 24.2. The maximum absolute atomic E-state index is 13.0. The van der Waals surface area contributed by atoms with Gasteiger partial charge in [-0.3, -0.25) is 13.8 Å². The summed E-state index contributed by atoms with van der Waals surface area (Å²) in [6.45, 7) is 4.70. The number of nitrogens with one attached hydrogen (secondary N) is 1. The molecule has 0 spiro atoms. The zero-order valence-corrected chi connectivity index (χ0v) is 54.2. The quantitative estimate of drug-likeness (QED) is 0.0243. The van der Waals surface area contributed by atoms with Crippen LogP contribution >= 0.6 is 7.82 Å². The van der Waals surface area contributed by atoms with E-state index in [0.29, 0.717) is 17.4 Å². The molecule has 0 radical (unpaired) electrons. The Hall–Kier alpha value is -2.32. The van der Waals surface area contributed by atoms with Crippen molar-refractivity contribution in [3.8, 4) is 0 Å². The van der Waals surface area contributed by atoms with Crippen LogP contribution in [0.25, 0.3) is 0 Å². The number of rotatable bonds is 62. The van der Waals surface area contributed by atoms with Crippen molar-refractivity contribution in [1.82, 2.24) is 5.32 Å². The van der Waals surface area contributed by atoms with Crippen LogP contribution in [0, 0.1) is 0 Å². The van der Waals surface area contributed by atoms with Crippen molar-refractivity contribution in [3.63, 3.8) is 0 Å². The third kappa shape index (κ3) is 63.3. The zero-order chi connectivity index (χ0) is 58.4. The van der Waals surface area contributed by atoms with Crippen LogP contribution in [0.1, 0.15) is 309 Å². The number of amides is 1. The number of carbonyl (C=O) groups excluding carboxylic acids is 1. The molecular weight excluding hydrogens is 1010 g/mol. The lowest BCUT2D eigenvalue weighted by Crippen LogP contribution is -2.45. The molecule has 0 aliphatic heterocycles. The third-order valence-corrected chi connectivity index (χ3v) is 16.1. The van der Waals surface area contributed by atoms with Crippen molar-refractivity contribution in [2.45, 2.75) is 321 Å². The average Bonchev–Trinajstić information content (AvgIpc) is 3.42. The first-order chi connectivity index (χ1) is 39.0. The number of likely N-dealkylation sites (N-methyl/N-ethyl adjacent to an activating group) is 1. The predicted molar refractivity (Wildman–Crippen MR) is 350 cm³/mol. The van der Waals surface area contributed by atoms with E-state index in [1.807, 2.05) is 27.2 Å². The molecule has 0 saturated carbocycles. The molecule has 0 rings (SSSR count). The molecule has 0 bridgehead atoms. The summed E-state index contributed by atoms with van der Waals surface area (Å²) < 4.78 is 23.8. The van der Waals surface area contributed by atoms with E-state index >= 15 is 0 Å². The highest BCUT2D eigenvalue weighted by molar-refractivity contribution is 7.47. The highest BCUT2D eigenvalue weighted by Gasteiger charge is 2.28. The Bertz CT molecular complexity index is 1580. The normalized spacial score (nSPS) is 14.2. The van der Waals surface area contributed by atoms with Crippen molar-refractivity contribution in [3.05, 3.63) is 85.1 Å². The fraction of sp³-hybridized carbons (Fsp3) is 0.789. The fourth-order valence-electron chi connectivity index (χ4n) is 9.83. The summed E-state index contributed by atoms with van der Waals surface area (Å²) in [6, 6.07) is -0.876. The number of aliphatic hydroxyl groups is 1. The van der Waals surface area contributed by atoms with Gasteiger partial charge in [0, 0.05) is 6.42 Å². The van der Waals surface area contributed by atoms with Crippen molar-refractivity contribution in [2.75, 3.05) is 40.9 Å². The molecule has 466 valence electrons. The van der Waals surface area contributed by atoms with Gasteiger partial charge >= 0.3 is 7.82 Å². The fourth-order valence-corrected chi connectivity index (χ4v) is 10.6. The topological polar surface area (TPSA) is 105 Å². The van der Waals surface area contributed by atoms with Crippen LogP contribution in [0.4, 0.5) is 0 Å². The molecule has 3 N–H and O–H groups in total. The lowest BCUT2D eigenvalue weighted by Gasteiger charge is -2.25. The molecule has 0 fully saturated rings. The Morgan fingerprint density at radius 3 is 1.15 bits per heavy atom. The number of unbranched alkanes of at least 4 members (excludes halogenated alkanes) is 37. The van der Waals surface area contributed by atoms with E-state index in [-0.39, 0.29) is 19.1 Å². The van der Waals surface area contributed by atoms with E-state index in [1.165, 1.54) is 218 Å². The highest BCUT2D eigenvalue weighted by atomic mass is 31.2. The molecule has 9 heteroatoms. The standard InChI is InChI=1S/C71H131N2O6P/c1-6-8-10-12-14-16-18-20-22-24-26-28-30-32-34-35-36-37-39-40-42-44-46-48-50-52-54-56-58-60-62-64-70(74)69(68-79-80(76,77)78-67-66-73(3,4)5)72-71(75)65-63-61-59-57-55-53-51-49-47-45-43-41-38-33-31-29-27-25-23-21-19-17-15-13-11-9-7-2/h9,11,15,17,21,23,27,29,46,48,54,56,62,64,69-70,74H,6-8,10,12-14,16,18-20,22,24-26,28,30-45,47,49-53,55,57-61,63,65-68H2,1-5H3,(H-,72,75,76,77)/p+1/b11-9-,17-15-,23-21-,29-27-,48-46+,56-54+,64-62+. The largest absolute Gasteiger partial charge is 0.472 e. The maximum Gasteiger partial charge on any atom is 0.472 e. The van der Waals surface area contributed by atoms with Crippen molar-refractivity contribution >= 4 is 13.7 Å². The number of phosphoric ester groups is 1. The minimum absolute atomic E-state index is 0.0508. The predicted octanol–water partition coefficient (Wildman–Crippen LogP) is 21.5. The number of carbonyl (C=O) groups is 1. The van der Waals surface area contributed by atoms with Crippen molar-refractivity contribution in [2.24, 2.45) is 0 Å². The summed E-state index contributed by atoms with van der Waals surface area (Å²) in [5, 5.41) is 14.0. The molecular formula is C71H132N2O6P+. The van der Waals surface area contributed by atoms with Gasteiger partial charge in [-0.2, -0.15) is 0 Å². The molecule has 0 heterocycles. The van der Waals surface area contributed by atoms with E-state index in [1.54, 1.807) is 6.08 Å². The minimum Gasteiger partial charge on any atom is -0.387 e.